The van der Waals surface area contributed by atoms with Gasteiger partial charge in [-0.3, -0.25) is 0 Å². The van der Waals surface area contributed by atoms with Gasteiger partial charge >= 0.3 is 6.03 Å². The number of nitrogens with one attached hydrogen (secondary N) is 1. The van der Waals surface area contributed by atoms with E-state index in [4.69, 9.17) is 0 Å². The predicted octanol–water partition coefficient (Wildman–Crippen LogP) is 3.25. The maximum atomic E-state index is 12.5. The Hall–Kier alpha value is -1.92. The molecule has 0 spiro atoms. The van der Waals surface area contributed by atoms with Gasteiger partial charge < -0.3 is 15.3 Å². The molecule has 0 bridgehead atoms. The van der Waals surface area contributed by atoms with Gasteiger partial charge in [0.2, 0.25) is 0 Å². The van der Waals surface area contributed by atoms with E-state index in [-0.39, 0.29) is 12.1 Å². The van der Waals surface area contributed by atoms with Crippen LogP contribution in [0.1, 0.15) is 41.5 Å². The maximum Gasteiger partial charge on any atom is 0.317 e. The highest BCUT2D eigenvalue weighted by molar-refractivity contribution is 7.09. The Morgan fingerprint density at radius 2 is 2.25 bits per heavy atom. The number of aliphatic hydroxyl groups excluding tert-OH is 1. The Labute approximate surface area is 146 Å². The highest BCUT2D eigenvalue weighted by atomic mass is 32.1. The summed E-state index contributed by atoms with van der Waals surface area (Å²) in [6.07, 6.45) is 1.97. The van der Waals surface area contributed by atoms with Gasteiger partial charge in [-0.05, 0) is 31.7 Å². The van der Waals surface area contributed by atoms with Crippen molar-refractivity contribution >= 4 is 17.4 Å². The van der Waals surface area contributed by atoms with Gasteiger partial charge in [0.15, 0.2) is 0 Å². The number of benzene rings is 1. The van der Waals surface area contributed by atoms with Crippen molar-refractivity contribution in [3.63, 3.8) is 0 Å². The minimum Gasteiger partial charge on any atom is -0.388 e. The predicted molar refractivity (Wildman–Crippen MR) is 94.8 cm³/mol. The van der Waals surface area contributed by atoms with Gasteiger partial charge in [-0.1, -0.05) is 30.3 Å². The first-order valence-corrected chi connectivity index (χ1v) is 9.19. The number of aliphatic hydroxyl groups is 1. The number of carbonyl (C=O) groups excluding carboxylic acids is 1. The molecule has 2 unspecified atom stereocenters. The van der Waals surface area contributed by atoms with Crippen molar-refractivity contribution in [3.05, 3.63) is 52.0 Å². The third-order valence-electron chi connectivity index (χ3n) is 4.56. The molecule has 24 heavy (non-hydrogen) atoms. The first-order valence-electron chi connectivity index (χ1n) is 8.31. The average molecular weight is 345 g/mol. The minimum atomic E-state index is -0.534. The molecule has 1 saturated heterocycles. The molecule has 2 aromatic rings. The quantitative estimate of drug-likeness (QED) is 0.874. The first kappa shape index (κ1) is 16.9. The van der Waals surface area contributed by atoms with E-state index in [9.17, 15) is 9.90 Å². The largest absolute Gasteiger partial charge is 0.388 e. The van der Waals surface area contributed by atoms with E-state index in [1.165, 1.54) is 0 Å². The van der Waals surface area contributed by atoms with Gasteiger partial charge in [-0.25, -0.2) is 9.78 Å². The van der Waals surface area contributed by atoms with E-state index in [1.807, 2.05) is 42.2 Å². The number of likely N-dealkylation sites (tertiary alicyclic amines) is 1. The average Bonchev–Trinajstić information content (AvgIpc) is 3.22. The number of amides is 2. The fraction of sp³-hybridized carbons (Fsp3) is 0.444. The SMILES string of the molecule is Cc1ncsc1CNC(=O)N1CCCC1CC(O)c1ccccc1. The number of thiazole rings is 1. The second-order valence-electron chi connectivity index (χ2n) is 6.17. The lowest BCUT2D eigenvalue weighted by molar-refractivity contribution is 0.126. The van der Waals surface area contributed by atoms with Crippen LogP contribution in [0.4, 0.5) is 4.79 Å². The second-order valence-corrected chi connectivity index (χ2v) is 7.11. The van der Waals surface area contributed by atoms with Crippen LogP contribution in [0.15, 0.2) is 35.8 Å². The van der Waals surface area contributed by atoms with E-state index in [0.717, 1.165) is 35.5 Å². The number of nitrogens with zero attached hydrogens (tertiary/aromatic N) is 2. The summed E-state index contributed by atoms with van der Waals surface area (Å²) >= 11 is 1.56. The van der Waals surface area contributed by atoms with Crippen LogP contribution >= 0.6 is 11.3 Å². The van der Waals surface area contributed by atoms with Gasteiger partial charge in [0.25, 0.3) is 0 Å². The van der Waals surface area contributed by atoms with E-state index >= 15 is 0 Å². The summed E-state index contributed by atoms with van der Waals surface area (Å²) in [5, 5.41) is 13.4. The monoisotopic (exact) mass is 345 g/mol. The number of carbonyl (C=O) groups is 1. The molecule has 1 fully saturated rings. The van der Waals surface area contributed by atoms with Gasteiger partial charge in [0.1, 0.15) is 0 Å². The topological polar surface area (TPSA) is 65.5 Å². The van der Waals surface area contributed by atoms with Crippen LogP contribution in [-0.2, 0) is 6.54 Å². The fourth-order valence-corrected chi connectivity index (χ4v) is 3.89. The highest BCUT2D eigenvalue weighted by Gasteiger charge is 2.30. The Morgan fingerprint density at radius 1 is 1.46 bits per heavy atom. The third kappa shape index (κ3) is 3.94. The standard InChI is InChI=1S/C18H23N3O2S/c1-13-17(24-12-20-13)11-19-18(23)21-9-5-8-15(21)10-16(22)14-6-3-2-4-7-14/h2-4,6-7,12,15-16,22H,5,8-11H2,1H3,(H,19,23). The summed E-state index contributed by atoms with van der Waals surface area (Å²) in [6.45, 7) is 3.21. The van der Waals surface area contributed by atoms with Crippen LogP contribution in [0.3, 0.4) is 0 Å². The first-order chi connectivity index (χ1) is 11.6. The van der Waals surface area contributed by atoms with Crippen LogP contribution in [0.5, 0.6) is 0 Å². The lowest BCUT2D eigenvalue weighted by Crippen LogP contribution is -2.43. The van der Waals surface area contributed by atoms with E-state index in [1.54, 1.807) is 16.8 Å². The van der Waals surface area contributed by atoms with Crippen LogP contribution in [-0.4, -0.2) is 33.6 Å². The molecule has 0 radical (unpaired) electrons. The zero-order chi connectivity index (χ0) is 16.9. The lowest BCUT2D eigenvalue weighted by Gasteiger charge is -2.27. The van der Waals surface area contributed by atoms with Crippen molar-refractivity contribution in [2.24, 2.45) is 0 Å². The molecular formula is C18H23N3O2S. The number of urea groups is 1. The molecule has 1 aromatic carbocycles. The number of aryl methyl sites for hydroxylation is 1. The van der Waals surface area contributed by atoms with E-state index < -0.39 is 6.10 Å². The van der Waals surface area contributed by atoms with E-state index in [2.05, 4.69) is 10.3 Å². The summed E-state index contributed by atoms with van der Waals surface area (Å²) in [5.74, 6) is 0. The van der Waals surface area contributed by atoms with Crippen molar-refractivity contribution in [2.45, 2.75) is 44.9 Å². The molecule has 2 heterocycles. The molecule has 1 aliphatic heterocycles. The molecule has 0 saturated carbocycles. The molecule has 0 aliphatic carbocycles. The molecule has 2 amide bonds. The van der Waals surface area contributed by atoms with Crippen LogP contribution in [0.25, 0.3) is 0 Å². The summed E-state index contributed by atoms with van der Waals surface area (Å²) < 4.78 is 0. The molecule has 2 N–H and O–H groups in total. The number of hydrogen-bond donors (Lipinski definition) is 2. The Kier molecular flexibility index (Phi) is 5.48. The van der Waals surface area contributed by atoms with E-state index in [0.29, 0.717) is 13.0 Å². The Balaban J connectivity index is 1.56. The van der Waals surface area contributed by atoms with Crippen LogP contribution < -0.4 is 5.32 Å². The van der Waals surface area contributed by atoms with Crippen molar-refractivity contribution in [1.82, 2.24) is 15.2 Å². The molecule has 1 aliphatic rings. The Bertz CT molecular complexity index is 674. The zero-order valence-electron chi connectivity index (χ0n) is 13.8. The van der Waals surface area contributed by atoms with Crippen molar-refractivity contribution in [2.75, 3.05) is 6.54 Å². The van der Waals surface area contributed by atoms with Gasteiger partial charge in [0.05, 0.1) is 23.9 Å². The fourth-order valence-electron chi connectivity index (χ4n) is 3.17. The van der Waals surface area contributed by atoms with Gasteiger partial charge in [-0.15, -0.1) is 11.3 Å². The minimum absolute atomic E-state index is 0.0504. The Morgan fingerprint density at radius 3 is 2.96 bits per heavy atom. The summed E-state index contributed by atoms with van der Waals surface area (Å²) in [7, 11) is 0. The van der Waals surface area contributed by atoms with Crippen LogP contribution in [0.2, 0.25) is 0 Å². The maximum absolute atomic E-state index is 12.5. The van der Waals surface area contributed by atoms with Crippen molar-refractivity contribution in [3.8, 4) is 0 Å². The van der Waals surface area contributed by atoms with Crippen molar-refractivity contribution < 1.29 is 9.90 Å². The van der Waals surface area contributed by atoms with Gasteiger partial charge in [0, 0.05) is 17.5 Å². The molecule has 2 atom stereocenters. The zero-order valence-corrected chi connectivity index (χ0v) is 14.6. The summed E-state index contributed by atoms with van der Waals surface area (Å²) in [4.78, 5) is 19.6. The number of rotatable bonds is 5. The highest BCUT2D eigenvalue weighted by Crippen LogP contribution is 2.27. The molecule has 3 rings (SSSR count). The third-order valence-corrected chi connectivity index (χ3v) is 5.50. The smallest absolute Gasteiger partial charge is 0.317 e. The molecule has 1 aromatic heterocycles. The number of aromatic nitrogens is 1. The normalized spacial score (nSPS) is 18.6. The second kappa shape index (κ2) is 7.77. The summed E-state index contributed by atoms with van der Waals surface area (Å²) in [5.41, 5.74) is 3.67. The van der Waals surface area contributed by atoms with Crippen LogP contribution in [0, 0.1) is 6.92 Å². The van der Waals surface area contributed by atoms with Crippen molar-refractivity contribution in [1.29, 1.82) is 0 Å². The van der Waals surface area contributed by atoms with Gasteiger partial charge in [-0.2, -0.15) is 0 Å². The molecule has 5 nitrogen and oxygen atoms in total. The molecule has 128 valence electrons. The number of hydrogen-bond acceptors (Lipinski definition) is 4. The summed E-state index contributed by atoms with van der Waals surface area (Å²) in [6, 6.07) is 9.68. The molecular weight excluding hydrogens is 322 g/mol. The lowest BCUT2D eigenvalue weighted by atomic mass is 10.0. The molecule has 6 heteroatoms.